The maximum Gasteiger partial charge on any atom is 0.249 e. The standard InChI is InChI=1S/C22H26F2N2O2S2/c1-3-5-7-13-9-11-15(21(25)27)19(17(13)23)29-30-20-16(22(26)28)12-10-14(18(20)24)8-6-4-2/h9-12H,3-8H2,1-2H3,(H2,25,27)(H2,26,28). The van der Waals surface area contributed by atoms with Gasteiger partial charge in [-0.1, -0.05) is 38.8 Å². The SMILES string of the molecule is CCCCc1ccc(C(N)=O)c(SSc2c(C(N)=O)ccc(CCCC)c2F)c1F. The summed E-state index contributed by atoms with van der Waals surface area (Å²) in [5.41, 5.74) is 11.8. The fraction of sp³-hybridized carbons (Fsp3) is 0.364. The first-order valence-corrected chi connectivity index (χ1v) is 12.0. The lowest BCUT2D eigenvalue weighted by Gasteiger charge is -2.14. The third-order valence-electron chi connectivity index (χ3n) is 4.69. The Bertz CT molecular complexity index is 860. The molecule has 2 rings (SSSR count). The van der Waals surface area contributed by atoms with E-state index in [9.17, 15) is 9.59 Å². The molecule has 0 radical (unpaired) electrons. The normalized spacial score (nSPS) is 10.9. The molecule has 0 bridgehead atoms. The van der Waals surface area contributed by atoms with E-state index < -0.39 is 23.4 Å². The van der Waals surface area contributed by atoms with Gasteiger partial charge >= 0.3 is 0 Å². The van der Waals surface area contributed by atoms with Gasteiger partial charge in [0.2, 0.25) is 11.8 Å². The molecule has 2 aromatic carbocycles. The summed E-state index contributed by atoms with van der Waals surface area (Å²) in [6, 6.07) is 6.09. The van der Waals surface area contributed by atoms with Crippen molar-refractivity contribution in [2.75, 3.05) is 0 Å². The van der Waals surface area contributed by atoms with Crippen molar-refractivity contribution in [2.24, 2.45) is 11.5 Å². The molecule has 8 heteroatoms. The van der Waals surface area contributed by atoms with Gasteiger partial charge in [0, 0.05) is 0 Å². The highest BCUT2D eigenvalue weighted by atomic mass is 33.1. The van der Waals surface area contributed by atoms with E-state index >= 15 is 8.78 Å². The Hall–Kier alpha value is -2.06. The van der Waals surface area contributed by atoms with Crippen LogP contribution in [0.1, 0.15) is 71.4 Å². The number of rotatable bonds is 11. The third kappa shape index (κ3) is 5.76. The molecule has 2 aromatic rings. The highest BCUT2D eigenvalue weighted by molar-refractivity contribution is 8.76. The number of primary amides is 2. The summed E-state index contributed by atoms with van der Waals surface area (Å²) in [5, 5.41) is 0. The average molecular weight is 453 g/mol. The number of aryl methyl sites for hydroxylation is 2. The van der Waals surface area contributed by atoms with Gasteiger partial charge in [-0.15, -0.1) is 0 Å². The first-order chi connectivity index (χ1) is 14.3. The molecule has 0 unspecified atom stereocenters. The Kier molecular flexibility index (Phi) is 9.17. The molecule has 0 aliphatic carbocycles. The lowest BCUT2D eigenvalue weighted by Crippen LogP contribution is -2.14. The van der Waals surface area contributed by atoms with Crippen LogP contribution in [0.5, 0.6) is 0 Å². The number of benzene rings is 2. The zero-order valence-corrected chi connectivity index (χ0v) is 18.7. The minimum absolute atomic E-state index is 0.0217. The summed E-state index contributed by atoms with van der Waals surface area (Å²) in [6.45, 7) is 4.00. The Morgan fingerprint density at radius 3 is 1.43 bits per heavy atom. The molecule has 2 amide bonds. The van der Waals surface area contributed by atoms with Crippen LogP contribution in [-0.2, 0) is 12.8 Å². The summed E-state index contributed by atoms with van der Waals surface area (Å²) in [4.78, 5) is 23.7. The van der Waals surface area contributed by atoms with E-state index in [1.54, 1.807) is 12.1 Å². The molecular weight excluding hydrogens is 426 g/mol. The second-order valence-electron chi connectivity index (χ2n) is 6.93. The van der Waals surface area contributed by atoms with Crippen molar-refractivity contribution in [2.45, 2.75) is 62.2 Å². The van der Waals surface area contributed by atoms with Crippen LogP contribution in [0.4, 0.5) is 8.78 Å². The van der Waals surface area contributed by atoms with Gasteiger partial charge in [-0.3, -0.25) is 9.59 Å². The van der Waals surface area contributed by atoms with Gasteiger partial charge in [-0.2, -0.15) is 0 Å². The number of amides is 2. The molecule has 0 saturated heterocycles. The molecule has 0 fully saturated rings. The number of hydrogen-bond acceptors (Lipinski definition) is 4. The van der Waals surface area contributed by atoms with Crippen molar-refractivity contribution >= 4 is 33.4 Å². The van der Waals surface area contributed by atoms with E-state index in [1.807, 2.05) is 13.8 Å². The van der Waals surface area contributed by atoms with Gasteiger partial charge in [-0.25, -0.2) is 8.78 Å². The molecule has 0 saturated carbocycles. The third-order valence-corrected chi connectivity index (χ3v) is 7.16. The Labute approximate surface area is 183 Å². The topological polar surface area (TPSA) is 86.2 Å². The molecular formula is C22H26F2N2O2S2. The lowest BCUT2D eigenvalue weighted by molar-refractivity contribution is 0.0988. The van der Waals surface area contributed by atoms with Crippen molar-refractivity contribution < 1.29 is 18.4 Å². The van der Waals surface area contributed by atoms with Gasteiger partial charge < -0.3 is 11.5 Å². The second-order valence-corrected chi connectivity index (χ2v) is 9.08. The lowest BCUT2D eigenvalue weighted by atomic mass is 10.1. The number of unbranched alkanes of at least 4 members (excludes halogenated alkanes) is 2. The van der Waals surface area contributed by atoms with Crippen LogP contribution in [0.3, 0.4) is 0 Å². The van der Waals surface area contributed by atoms with Crippen molar-refractivity contribution in [3.05, 3.63) is 58.2 Å². The largest absolute Gasteiger partial charge is 0.366 e. The molecule has 0 aliphatic heterocycles. The Morgan fingerprint density at radius 2 is 1.13 bits per heavy atom. The maximum atomic E-state index is 15.1. The quantitative estimate of drug-likeness (QED) is 0.432. The monoisotopic (exact) mass is 452 g/mol. The molecule has 0 heterocycles. The number of hydrogen-bond donors (Lipinski definition) is 2. The minimum atomic E-state index is -0.772. The van der Waals surface area contributed by atoms with Gasteiger partial charge in [0.25, 0.3) is 0 Å². The van der Waals surface area contributed by atoms with Crippen molar-refractivity contribution in [1.29, 1.82) is 0 Å². The van der Waals surface area contributed by atoms with Crippen molar-refractivity contribution in [3.63, 3.8) is 0 Å². The molecule has 0 spiro atoms. The van der Waals surface area contributed by atoms with E-state index in [1.165, 1.54) is 12.1 Å². The summed E-state index contributed by atoms with van der Waals surface area (Å²) in [6.07, 6.45) is 4.42. The average Bonchev–Trinajstić information content (AvgIpc) is 2.71. The number of nitrogens with two attached hydrogens (primary N) is 2. The first kappa shape index (κ1) is 24.2. The second kappa shape index (κ2) is 11.4. The van der Waals surface area contributed by atoms with Crippen LogP contribution in [-0.4, -0.2) is 11.8 Å². The van der Waals surface area contributed by atoms with Crippen LogP contribution in [0.2, 0.25) is 0 Å². The molecule has 0 aromatic heterocycles. The number of carbonyl (C=O) groups is 2. The molecule has 0 aliphatic rings. The zero-order valence-electron chi connectivity index (χ0n) is 17.1. The van der Waals surface area contributed by atoms with E-state index in [0.29, 0.717) is 24.0 Å². The van der Waals surface area contributed by atoms with E-state index in [4.69, 9.17) is 11.5 Å². The van der Waals surface area contributed by atoms with Crippen LogP contribution >= 0.6 is 21.6 Å². The number of halogens is 2. The Morgan fingerprint density at radius 1 is 0.767 bits per heavy atom. The summed E-state index contributed by atoms with van der Waals surface area (Å²) in [7, 11) is 1.75. The van der Waals surface area contributed by atoms with Crippen LogP contribution < -0.4 is 11.5 Å². The van der Waals surface area contributed by atoms with Crippen molar-refractivity contribution in [3.8, 4) is 0 Å². The molecule has 4 N–H and O–H groups in total. The van der Waals surface area contributed by atoms with Crippen LogP contribution in [0.25, 0.3) is 0 Å². The fourth-order valence-electron chi connectivity index (χ4n) is 2.95. The fourth-order valence-corrected chi connectivity index (χ4v) is 5.52. The van der Waals surface area contributed by atoms with Gasteiger partial charge in [-0.05, 0) is 70.5 Å². The van der Waals surface area contributed by atoms with Crippen LogP contribution in [0.15, 0.2) is 34.1 Å². The predicted molar refractivity (Wildman–Crippen MR) is 119 cm³/mol. The predicted octanol–water partition coefficient (Wildman–Crippen LogP) is 5.65. The zero-order chi connectivity index (χ0) is 22.3. The van der Waals surface area contributed by atoms with E-state index in [2.05, 4.69) is 0 Å². The summed E-state index contributed by atoms with van der Waals surface area (Å²) >= 11 is 0. The van der Waals surface area contributed by atoms with Gasteiger partial charge in [0.05, 0.1) is 20.9 Å². The van der Waals surface area contributed by atoms with Gasteiger partial charge in [0.1, 0.15) is 11.6 Å². The number of carbonyl (C=O) groups excluding carboxylic acids is 2. The Balaban J connectivity index is 2.44. The van der Waals surface area contributed by atoms with Gasteiger partial charge in [0.15, 0.2) is 0 Å². The molecule has 162 valence electrons. The highest BCUT2D eigenvalue weighted by Gasteiger charge is 2.22. The molecule has 30 heavy (non-hydrogen) atoms. The summed E-state index contributed by atoms with van der Waals surface area (Å²) in [5.74, 6) is -2.63. The van der Waals surface area contributed by atoms with E-state index in [-0.39, 0.29) is 20.9 Å². The minimum Gasteiger partial charge on any atom is -0.366 e. The van der Waals surface area contributed by atoms with E-state index in [0.717, 1.165) is 47.3 Å². The van der Waals surface area contributed by atoms with Crippen LogP contribution in [0, 0.1) is 11.6 Å². The first-order valence-electron chi connectivity index (χ1n) is 9.88. The molecule has 4 nitrogen and oxygen atoms in total. The maximum absolute atomic E-state index is 15.1. The highest BCUT2D eigenvalue weighted by Crippen LogP contribution is 2.44. The smallest absolute Gasteiger partial charge is 0.249 e. The summed E-state index contributed by atoms with van der Waals surface area (Å²) < 4.78 is 30.2. The molecule has 0 atom stereocenters. The van der Waals surface area contributed by atoms with Crippen molar-refractivity contribution in [1.82, 2.24) is 0 Å².